The summed E-state index contributed by atoms with van der Waals surface area (Å²) in [4.78, 5) is 10.4. The Labute approximate surface area is 199 Å². The van der Waals surface area contributed by atoms with Crippen molar-refractivity contribution in [3.63, 3.8) is 0 Å². The number of anilines is 1. The van der Waals surface area contributed by atoms with Crippen LogP contribution >= 0.6 is 0 Å². The Morgan fingerprint density at radius 1 is 1.09 bits per heavy atom. The number of rotatable bonds is 7. The van der Waals surface area contributed by atoms with Crippen LogP contribution in [0.2, 0.25) is 0 Å². The second-order valence-electron chi connectivity index (χ2n) is 9.23. The van der Waals surface area contributed by atoms with E-state index in [-0.39, 0.29) is 0 Å². The van der Waals surface area contributed by atoms with Crippen molar-refractivity contribution >= 4 is 26.6 Å². The number of benzene rings is 2. The number of aromatic amines is 1. The molecule has 2 N–H and O–H groups in total. The summed E-state index contributed by atoms with van der Waals surface area (Å²) < 4.78 is 30.7. The van der Waals surface area contributed by atoms with Crippen molar-refractivity contribution < 1.29 is 12.9 Å². The summed E-state index contributed by atoms with van der Waals surface area (Å²) in [6, 6.07) is 13.6. The van der Waals surface area contributed by atoms with Crippen LogP contribution in [0.4, 0.5) is 5.69 Å². The third-order valence-corrected chi connectivity index (χ3v) is 7.03. The van der Waals surface area contributed by atoms with E-state index in [1.54, 1.807) is 12.1 Å². The van der Waals surface area contributed by atoms with Gasteiger partial charge in [-0.15, -0.1) is 0 Å². The second kappa shape index (κ2) is 9.23. The van der Waals surface area contributed by atoms with E-state index in [9.17, 15) is 8.42 Å². The summed E-state index contributed by atoms with van der Waals surface area (Å²) in [5.41, 5.74) is 5.22. The number of likely N-dealkylation sites (tertiary alicyclic amines) is 1. The zero-order valence-electron chi connectivity index (χ0n) is 19.4. The molecule has 1 fully saturated rings. The van der Waals surface area contributed by atoms with Crippen molar-refractivity contribution in [1.29, 1.82) is 0 Å². The molecule has 5 rings (SSSR count). The molecule has 0 atom stereocenters. The van der Waals surface area contributed by atoms with Crippen molar-refractivity contribution in [3.8, 4) is 0 Å². The Morgan fingerprint density at radius 3 is 2.56 bits per heavy atom. The molecule has 8 nitrogen and oxygen atoms in total. The molecule has 4 aromatic rings. The van der Waals surface area contributed by atoms with Gasteiger partial charge >= 0.3 is 0 Å². The molecular weight excluding hydrogens is 450 g/mol. The van der Waals surface area contributed by atoms with Gasteiger partial charge in [-0.05, 0) is 79.9 Å². The molecule has 2 aromatic carbocycles. The molecule has 9 heteroatoms. The van der Waals surface area contributed by atoms with E-state index in [4.69, 9.17) is 4.52 Å². The fourth-order valence-electron chi connectivity index (χ4n) is 4.65. The first-order chi connectivity index (χ1) is 16.3. The fourth-order valence-corrected chi connectivity index (χ4v) is 5.22. The molecule has 178 valence electrons. The van der Waals surface area contributed by atoms with Crippen molar-refractivity contribution in [2.24, 2.45) is 0 Å². The molecule has 1 aliphatic heterocycles. The van der Waals surface area contributed by atoms with Crippen LogP contribution in [0.15, 0.2) is 53.2 Å². The Kier molecular flexibility index (Phi) is 6.14. The Morgan fingerprint density at radius 2 is 1.82 bits per heavy atom. The van der Waals surface area contributed by atoms with Gasteiger partial charge in [-0.2, -0.15) is 4.98 Å². The topological polar surface area (TPSA) is 104 Å². The number of fused-ring (bicyclic) bond motifs is 1. The summed E-state index contributed by atoms with van der Waals surface area (Å²) >= 11 is 0. The predicted octanol–water partition coefficient (Wildman–Crippen LogP) is 3.91. The fraction of sp³-hybridized carbons (Fsp3) is 0.360. The van der Waals surface area contributed by atoms with Crippen LogP contribution < -0.4 is 4.72 Å². The molecule has 1 aliphatic rings. The number of hydrogen-bond donors (Lipinski definition) is 2. The number of nitrogens with one attached hydrogen (secondary N) is 2. The first-order valence-corrected chi connectivity index (χ1v) is 13.4. The molecule has 34 heavy (non-hydrogen) atoms. The molecule has 0 spiro atoms. The minimum atomic E-state index is -3.29. The first-order valence-electron chi connectivity index (χ1n) is 11.5. The van der Waals surface area contributed by atoms with E-state index in [1.165, 1.54) is 23.8 Å². The van der Waals surface area contributed by atoms with E-state index >= 15 is 0 Å². The molecule has 0 amide bonds. The van der Waals surface area contributed by atoms with Crippen molar-refractivity contribution in [2.45, 2.75) is 31.6 Å². The Bertz CT molecular complexity index is 1380. The van der Waals surface area contributed by atoms with E-state index in [0.717, 1.165) is 36.0 Å². The first kappa shape index (κ1) is 22.6. The predicted molar refractivity (Wildman–Crippen MR) is 133 cm³/mol. The van der Waals surface area contributed by atoms with Crippen LogP contribution in [0.25, 0.3) is 10.9 Å². The van der Waals surface area contributed by atoms with Gasteiger partial charge in [0.15, 0.2) is 5.82 Å². The largest absolute Gasteiger partial charge is 0.361 e. The normalized spacial score (nSPS) is 15.7. The second-order valence-corrected chi connectivity index (χ2v) is 11.0. The van der Waals surface area contributed by atoms with Crippen LogP contribution in [0, 0.1) is 0 Å². The third-order valence-electron chi connectivity index (χ3n) is 6.42. The van der Waals surface area contributed by atoms with Gasteiger partial charge in [0.2, 0.25) is 15.9 Å². The standard InChI is InChI=1S/C25H29N5O3S/c1-30-11-9-19(10-12-30)22-16-26-23-8-5-18(13-21(22)23)15-25-27-24(28-33-25)14-17-3-6-20(7-4-17)29-34(2,31)32/h3-8,13,16,19,26,29H,9-12,14-15H2,1-2H3. The maximum Gasteiger partial charge on any atom is 0.231 e. The zero-order chi connectivity index (χ0) is 23.7. The van der Waals surface area contributed by atoms with Crippen LogP contribution in [-0.2, 0) is 22.9 Å². The maximum atomic E-state index is 11.4. The zero-order valence-corrected chi connectivity index (χ0v) is 20.2. The van der Waals surface area contributed by atoms with Gasteiger partial charge in [-0.1, -0.05) is 23.4 Å². The number of hydrogen-bond acceptors (Lipinski definition) is 6. The highest BCUT2D eigenvalue weighted by atomic mass is 32.2. The van der Waals surface area contributed by atoms with Gasteiger partial charge in [-0.3, -0.25) is 4.72 Å². The summed E-state index contributed by atoms with van der Waals surface area (Å²) in [5, 5.41) is 5.42. The third kappa shape index (κ3) is 5.31. The van der Waals surface area contributed by atoms with Gasteiger partial charge in [0.05, 0.1) is 12.7 Å². The number of nitrogens with zero attached hydrogens (tertiary/aromatic N) is 3. The van der Waals surface area contributed by atoms with Gasteiger partial charge in [0, 0.05) is 29.2 Å². The average molecular weight is 480 g/mol. The maximum absolute atomic E-state index is 11.4. The van der Waals surface area contributed by atoms with Gasteiger partial charge in [0.1, 0.15) is 0 Å². The van der Waals surface area contributed by atoms with Gasteiger partial charge in [0.25, 0.3) is 0 Å². The lowest BCUT2D eigenvalue weighted by atomic mass is 9.89. The lowest BCUT2D eigenvalue weighted by Crippen LogP contribution is -2.29. The summed E-state index contributed by atoms with van der Waals surface area (Å²) in [6.45, 7) is 2.28. The SMILES string of the molecule is CN1CCC(c2c[nH]c3ccc(Cc4nc(Cc5ccc(NS(C)(=O)=O)cc5)no4)cc23)CC1. The Balaban J connectivity index is 1.27. The van der Waals surface area contributed by atoms with Crippen LogP contribution in [-0.4, -0.2) is 54.8 Å². The van der Waals surface area contributed by atoms with Crippen molar-refractivity contribution in [3.05, 3.63) is 77.1 Å². The highest BCUT2D eigenvalue weighted by Gasteiger charge is 2.21. The lowest BCUT2D eigenvalue weighted by molar-refractivity contribution is 0.256. The van der Waals surface area contributed by atoms with Crippen molar-refractivity contribution in [2.75, 3.05) is 31.1 Å². The summed E-state index contributed by atoms with van der Waals surface area (Å²) in [5.74, 6) is 1.78. The molecule has 2 aromatic heterocycles. The number of piperidine rings is 1. The minimum Gasteiger partial charge on any atom is -0.361 e. The minimum absolute atomic E-state index is 0.514. The number of sulfonamides is 1. The van der Waals surface area contributed by atoms with E-state index < -0.39 is 10.0 Å². The number of H-pyrrole nitrogens is 1. The molecule has 0 aliphatic carbocycles. The van der Waals surface area contributed by atoms with E-state index in [1.807, 2.05) is 12.1 Å². The Hall–Kier alpha value is -3.17. The average Bonchev–Trinajstić information content (AvgIpc) is 3.41. The smallest absolute Gasteiger partial charge is 0.231 e. The number of aromatic nitrogens is 3. The highest BCUT2D eigenvalue weighted by Crippen LogP contribution is 2.33. The van der Waals surface area contributed by atoms with E-state index in [0.29, 0.717) is 36.2 Å². The highest BCUT2D eigenvalue weighted by molar-refractivity contribution is 7.92. The van der Waals surface area contributed by atoms with Gasteiger partial charge in [-0.25, -0.2) is 8.42 Å². The van der Waals surface area contributed by atoms with Crippen molar-refractivity contribution in [1.82, 2.24) is 20.0 Å². The quantitative estimate of drug-likeness (QED) is 0.416. The molecule has 0 unspecified atom stereocenters. The molecular formula is C25H29N5O3S. The van der Waals surface area contributed by atoms with Crippen LogP contribution in [0.5, 0.6) is 0 Å². The molecule has 1 saturated heterocycles. The van der Waals surface area contributed by atoms with E-state index in [2.05, 4.69) is 56.2 Å². The molecule has 0 bridgehead atoms. The molecule has 0 radical (unpaired) electrons. The molecule has 0 saturated carbocycles. The lowest BCUT2D eigenvalue weighted by Gasteiger charge is -2.28. The summed E-state index contributed by atoms with van der Waals surface area (Å²) in [7, 11) is -1.10. The van der Waals surface area contributed by atoms with Gasteiger partial charge < -0.3 is 14.4 Å². The van der Waals surface area contributed by atoms with Crippen LogP contribution in [0.1, 0.15) is 47.2 Å². The monoisotopic (exact) mass is 479 g/mol. The van der Waals surface area contributed by atoms with Crippen LogP contribution in [0.3, 0.4) is 0 Å². The molecule has 3 heterocycles. The summed E-state index contributed by atoms with van der Waals surface area (Å²) in [6.07, 6.45) is 6.77.